The van der Waals surface area contributed by atoms with Crippen molar-refractivity contribution >= 4 is 16.9 Å². The highest BCUT2D eigenvalue weighted by atomic mass is 16.1. The Bertz CT molecular complexity index is 853. The lowest BCUT2D eigenvalue weighted by Crippen LogP contribution is -2.24. The predicted molar refractivity (Wildman–Crippen MR) is 84.3 cm³/mol. The number of likely N-dealkylation sites (N-methyl/N-ethyl adjacent to an activating group) is 1. The van der Waals surface area contributed by atoms with Crippen LogP contribution in [0.4, 0.5) is 0 Å². The standard InChI is InChI=1S/C16H17N5O/c1-10-16(11(2)21(20-10)9-15(22)17-3)12-4-5-13-14(8-12)19-7-6-18-13/h4-8H,9H2,1-3H3,(H,17,22). The molecule has 0 radical (unpaired) electrons. The molecule has 6 heteroatoms. The first-order valence-corrected chi connectivity index (χ1v) is 7.06. The normalized spacial score (nSPS) is 10.9. The summed E-state index contributed by atoms with van der Waals surface area (Å²) in [6.07, 6.45) is 3.36. The molecular formula is C16H17N5O. The van der Waals surface area contributed by atoms with Crippen LogP contribution in [-0.2, 0) is 11.3 Å². The molecule has 112 valence electrons. The van der Waals surface area contributed by atoms with Gasteiger partial charge in [0, 0.05) is 30.7 Å². The van der Waals surface area contributed by atoms with E-state index in [-0.39, 0.29) is 12.5 Å². The Kier molecular flexibility index (Phi) is 3.58. The Morgan fingerprint density at radius 3 is 2.64 bits per heavy atom. The van der Waals surface area contributed by atoms with Crippen LogP contribution >= 0.6 is 0 Å². The van der Waals surface area contributed by atoms with Crippen LogP contribution in [0.2, 0.25) is 0 Å². The number of carbonyl (C=O) groups excluding carboxylic acids is 1. The van der Waals surface area contributed by atoms with Crippen LogP contribution in [0.5, 0.6) is 0 Å². The van der Waals surface area contributed by atoms with Crippen LogP contribution in [0.25, 0.3) is 22.2 Å². The van der Waals surface area contributed by atoms with Gasteiger partial charge in [-0.3, -0.25) is 19.4 Å². The van der Waals surface area contributed by atoms with Gasteiger partial charge in [0.05, 0.1) is 16.7 Å². The van der Waals surface area contributed by atoms with Crippen molar-refractivity contribution in [3.63, 3.8) is 0 Å². The summed E-state index contributed by atoms with van der Waals surface area (Å²) in [5.74, 6) is -0.0680. The van der Waals surface area contributed by atoms with Crippen molar-refractivity contribution in [2.75, 3.05) is 7.05 Å². The van der Waals surface area contributed by atoms with Gasteiger partial charge >= 0.3 is 0 Å². The minimum absolute atomic E-state index is 0.0680. The zero-order valence-corrected chi connectivity index (χ0v) is 12.8. The van der Waals surface area contributed by atoms with Gasteiger partial charge in [-0.1, -0.05) is 6.07 Å². The molecule has 0 saturated heterocycles. The summed E-state index contributed by atoms with van der Waals surface area (Å²) >= 11 is 0. The number of nitrogens with zero attached hydrogens (tertiary/aromatic N) is 4. The number of rotatable bonds is 3. The SMILES string of the molecule is CNC(=O)Cn1nc(C)c(-c2ccc3nccnc3c2)c1C. The van der Waals surface area contributed by atoms with E-state index in [9.17, 15) is 4.79 Å². The average Bonchev–Trinajstić information content (AvgIpc) is 2.80. The molecule has 22 heavy (non-hydrogen) atoms. The lowest BCUT2D eigenvalue weighted by Gasteiger charge is -2.06. The van der Waals surface area contributed by atoms with Crippen LogP contribution in [0, 0.1) is 13.8 Å². The summed E-state index contributed by atoms with van der Waals surface area (Å²) in [6, 6.07) is 5.97. The molecule has 1 amide bonds. The number of nitrogens with one attached hydrogen (secondary N) is 1. The minimum atomic E-state index is -0.0680. The van der Waals surface area contributed by atoms with Crippen molar-refractivity contribution in [2.45, 2.75) is 20.4 Å². The third kappa shape index (κ3) is 2.43. The van der Waals surface area contributed by atoms with Crippen molar-refractivity contribution in [1.29, 1.82) is 0 Å². The zero-order chi connectivity index (χ0) is 15.7. The zero-order valence-electron chi connectivity index (χ0n) is 12.8. The molecular weight excluding hydrogens is 278 g/mol. The Morgan fingerprint density at radius 2 is 1.91 bits per heavy atom. The van der Waals surface area contributed by atoms with E-state index in [2.05, 4.69) is 20.4 Å². The van der Waals surface area contributed by atoms with Crippen LogP contribution < -0.4 is 5.32 Å². The third-order valence-electron chi connectivity index (χ3n) is 3.71. The summed E-state index contributed by atoms with van der Waals surface area (Å²) in [6.45, 7) is 4.14. The van der Waals surface area contributed by atoms with Crippen molar-refractivity contribution in [3.8, 4) is 11.1 Å². The Labute approximate surface area is 128 Å². The van der Waals surface area contributed by atoms with E-state index in [1.807, 2.05) is 32.0 Å². The fourth-order valence-corrected chi connectivity index (χ4v) is 2.60. The quantitative estimate of drug-likeness (QED) is 0.800. The second kappa shape index (κ2) is 5.55. The molecule has 0 saturated carbocycles. The number of hydrogen-bond donors (Lipinski definition) is 1. The number of amides is 1. The fraction of sp³-hybridized carbons (Fsp3) is 0.250. The third-order valence-corrected chi connectivity index (χ3v) is 3.71. The summed E-state index contributed by atoms with van der Waals surface area (Å²) in [5, 5.41) is 7.09. The van der Waals surface area contributed by atoms with Gasteiger partial charge in [-0.25, -0.2) is 0 Å². The first-order valence-electron chi connectivity index (χ1n) is 7.06. The van der Waals surface area contributed by atoms with Crippen molar-refractivity contribution in [1.82, 2.24) is 25.1 Å². The van der Waals surface area contributed by atoms with Crippen molar-refractivity contribution < 1.29 is 4.79 Å². The van der Waals surface area contributed by atoms with Gasteiger partial charge < -0.3 is 5.32 Å². The lowest BCUT2D eigenvalue weighted by molar-refractivity contribution is -0.121. The number of fused-ring (bicyclic) bond motifs is 1. The molecule has 3 aromatic rings. The van der Waals surface area contributed by atoms with E-state index >= 15 is 0 Å². The Hall–Kier alpha value is -2.76. The van der Waals surface area contributed by atoms with E-state index in [4.69, 9.17) is 0 Å². The molecule has 2 heterocycles. The van der Waals surface area contributed by atoms with Gasteiger partial charge in [-0.2, -0.15) is 5.10 Å². The van der Waals surface area contributed by atoms with Crippen LogP contribution in [0.15, 0.2) is 30.6 Å². The molecule has 0 aliphatic heterocycles. The summed E-state index contributed by atoms with van der Waals surface area (Å²) in [5.41, 5.74) is 5.63. The van der Waals surface area contributed by atoms with Crippen molar-refractivity contribution in [2.24, 2.45) is 0 Å². The molecule has 0 bridgehead atoms. The van der Waals surface area contributed by atoms with E-state index in [1.54, 1.807) is 24.1 Å². The van der Waals surface area contributed by atoms with E-state index in [0.717, 1.165) is 33.5 Å². The first kappa shape index (κ1) is 14.2. The second-order valence-electron chi connectivity index (χ2n) is 5.14. The maximum absolute atomic E-state index is 11.6. The molecule has 0 unspecified atom stereocenters. The molecule has 0 spiro atoms. The summed E-state index contributed by atoms with van der Waals surface area (Å²) < 4.78 is 1.73. The molecule has 1 N–H and O–H groups in total. The molecule has 0 fully saturated rings. The van der Waals surface area contributed by atoms with Gasteiger partial charge in [0.1, 0.15) is 6.54 Å². The molecule has 0 aliphatic carbocycles. The van der Waals surface area contributed by atoms with Gasteiger partial charge in [-0.05, 0) is 31.5 Å². The smallest absolute Gasteiger partial charge is 0.241 e. The molecule has 0 aliphatic rings. The van der Waals surface area contributed by atoms with Gasteiger partial charge in [0.15, 0.2) is 0 Å². The molecule has 1 aromatic carbocycles. The topological polar surface area (TPSA) is 72.7 Å². The summed E-state index contributed by atoms with van der Waals surface area (Å²) in [7, 11) is 1.62. The number of benzene rings is 1. The maximum atomic E-state index is 11.6. The molecule has 3 rings (SSSR count). The highest BCUT2D eigenvalue weighted by Gasteiger charge is 2.15. The monoisotopic (exact) mass is 295 g/mol. The number of hydrogen-bond acceptors (Lipinski definition) is 4. The second-order valence-corrected chi connectivity index (χ2v) is 5.14. The van der Waals surface area contributed by atoms with Crippen molar-refractivity contribution in [3.05, 3.63) is 42.0 Å². The number of aromatic nitrogens is 4. The van der Waals surface area contributed by atoms with Gasteiger partial charge in [0.25, 0.3) is 0 Å². The summed E-state index contributed by atoms with van der Waals surface area (Å²) in [4.78, 5) is 20.2. The predicted octanol–water partition coefficient (Wildman–Crippen LogP) is 1.86. The minimum Gasteiger partial charge on any atom is -0.358 e. The molecule has 6 nitrogen and oxygen atoms in total. The maximum Gasteiger partial charge on any atom is 0.241 e. The van der Waals surface area contributed by atoms with E-state index in [1.165, 1.54) is 0 Å². The number of carbonyl (C=O) groups is 1. The van der Waals surface area contributed by atoms with Crippen LogP contribution in [0.1, 0.15) is 11.4 Å². The van der Waals surface area contributed by atoms with E-state index < -0.39 is 0 Å². The molecule has 0 atom stereocenters. The largest absolute Gasteiger partial charge is 0.358 e. The average molecular weight is 295 g/mol. The number of aryl methyl sites for hydroxylation is 1. The Balaban J connectivity index is 2.08. The first-order chi connectivity index (χ1) is 10.6. The highest BCUT2D eigenvalue weighted by Crippen LogP contribution is 2.28. The van der Waals surface area contributed by atoms with Crippen LogP contribution in [0.3, 0.4) is 0 Å². The molecule has 2 aromatic heterocycles. The van der Waals surface area contributed by atoms with Gasteiger partial charge in [-0.15, -0.1) is 0 Å². The Morgan fingerprint density at radius 1 is 1.18 bits per heavy atom. The fourth-order valence-electron chi connectivity index (χ4n) is 2.60. The lowest BCUT2D eigenvalue weighted by atomic mass is 10.0. The highest BCUT2D eigenvalue weighted by molar-refractivity contribution is 5.82. The van der Waals surface area contributed by atoms with E-state index in [0.29, 0.717) is 0 Å². The van der Waals surface area contributed by atoms with Gasteiger partial charge in [0.2, 0.25) is 5.91 Å². The van der Waals surface area contributed by atoms with Crippen LogP contribution in [-0.4, -0.2) is 32.7 Å².